The van der Waals surface area contributed by atoms with Gasteiger partial charge in [-0.05, 0) is 27.8 Å². The highest BCUT2D eigenvalue weighted by Crippen LogP contribution is 2.44. The smallest absolute Gasteiger partial charge is 0.410 e. The molecule has 3 nitrogen and oxygen atoms in total. The number of hydrogen-bond donors (Lipinski definition) is 0. The van der Waals surface area contributed by atoms with Gasteiger partial charge < -0.3 is 4.74 Å². The highest BCUT2D eigenvalue weighted by Gasteiger charge is 2.29. The summed E-state index contributed by atoms with van der Waals surface area (Å²) in [7, 11) is 0. The van der Waals surface area contributed by atoms with Gasteiger partial charge in [0.05, 0.1) is 6.54 Å². The standard InChI is InChI=1S/C25H21NO2/c1-2-16-26(17-19-10-4-3-5-11-19)25(27)28-18-24-22-14-8-6-12-20(22)21-13-7-9-15-23(21)24/h1,3-15,24H,16-18H2. The number of fused-ring (bicyclic) bond motifs is 3. The van der Waals surface area contributed by atoms with E-state index in [2.05, 4.69) is 30.2 Å². The summed E-state index contributed by atoms with van der Waals surface area (Å²) >= 11 is 0. The van der Waals surface area contributed by atoms with Gasteiger partial charge in [0, 0.05) is 12.5 Å². The molecule has 0 radical (unpaired) electrons. The molecule has 3 aromatic carbocycles. The maximum absolute atomic E-state index is 12.7. The molecule has 0 aromatic heterocycles. The van der Waals surface area contributed by atoms with Crippen LogP contribution >= 0.6 is 0 Å². The molecule has 0 saturated carbocycles. The highest BCUT2D eigenvalue weighted by molar-refractivity contribution is 5.79. The van der Waals surface area contributed by atoms with Gasteiger partial charge in [-0.3, -0.25) is 4.90 Å². The molecule has 28 heavy (non-hydrogen) atoms. The van der Waals surface area contributed by atoms with E-state index in [9.17, 15) is 4.79 Å². The largest absolute Gasteiger partial charge is 0.448 e. The molecule has 1 aliphatic rings. The van der Waals surface area contributed by atoms with Crippen molar-refractivity contribution < 1.29 is 9.53 Å². The summed E-state index contributed by atoms with van der Waals surface area (Å²) in [6.45, 7) is 0.940. The Morgan fingerprint density at radius 1 is 0.893 bits per heavy atom. The maximum Gasteiger partial charge on any atom is 0.410 e. The van der Waals surface area contributed by atoms with Crippen molar-refractivity contribution in [3.8, 4) is 23.5 Å². The van der Waals surface area contributed by atoms with Crippen LogP contribution in [0.1, 0.15) is 22.6 Å². The summed E-state index contributed by atoms with van der Waals surface area (Å²) in [5.41, 5.74) is 5.84. The molecule has 138 valence electrons. The number of nitrogens with zero attached hydrogens (tertiary/aromatic N) is 1. The Labute approximate surface area is 165 Å². The van der Waals surface area contributed by atoms with Crippen LogP contribution in [0.3, 0.4) is 0 Å². The molecule has 0 N–H and O–H groups in total. The van der Waals surface area contributed by atoms with Crippen molar-refractivity contribution in [2.24, 2.45) is 0 Å². The van der Waals surface area contributed by atoms with Crippen molar-refractivity contribution in [3.05, 3.63) is 95.6 Å². The molecule has 3 aromatic rings. The summed E-state index contributed by atoms with van der Waals surface area (Å²) in [6.07, 6.45) is 5.08. The Morgan fingerprint density at radius 2 is 1.46 bits per heavy atom. The van der Waals surface area contributed by atoms with Gasteiger partial charge in [-0.1, -0.05) is 84.8 Å². The van der Waals surface area contributed by atoms with Crippen molar-refractivity contribution in [2.75, 3.05) is 13.2 Å². The summed E-state index contributed by atoms with van der Waals surface area (Å²) in [5, 5.41) is 0. The number of benzene rings is 3. The van der Waals surface area contributed by atoms with Crippen LogP contribution in [-0.4, -0.2) is 24.1 Å². The molecular weight excluding hydrogens is 346 g/mol. The molecule has 1 aliphatic carbocycles. The van der Waals surface area contributed by atoms with E-state index in [-0.39, 0.29) is 18.6 Å². The van der Waals surface area contributed by atoms with Crippen molar-refractivity contribution in [1.29, 1.82) is 0 Å². The Bertz CT molecular complexity index is 974. The van der Waals surface area contributed by atoms with Crippen LogP contribution in [0.5, 0.6) is 0 Å². The number of hydrogen-bond acceptors (Lipinski definition) is 2. The SMILES string of the molecule is C#CCN(Cc1ccccc1)C(=O)OCC1c2ccccc2-c2ccccc21. The van der Waals surface area contributed by atoms with Crippen molar-refractivity contribution >= 4 is 6.09 Å². The fourth-order valence-electron chi connectivity index (χ4n) is 3.78. The second kappa shape index (κ2) is 8.02. The lowest BCUT2D eigenvalue weighted by Crippen LogP contribution is -2.32. The molecule has 0 heterocycles. The fourth-order valence-corrected chi connectivity index (χ4v) is 3.78. The lowest BCUT2D eigenvalue weighted by Gasteiger charge is -2.22. The molecule has 0 atom stereocenters. The minimum Gasteiger partial charge on any atom is -0.448 e. The van der Waals surface area contributed by atoms with Gasteiger partial charge in [-0.2, -0.15) is 0 Å². The van der Waals surface area contributed by atoms with E-state index in [0.29, 0.717) is 13.2 Å². The molecule has 0 spiro atoms. The Kier molecular flexibility index (Phi) is 5.12. The molecule has 0 unspecified atom stereocenters. The van der Waals surface area contributed by atoms with E-state index in [1.807, 2.05) is 54.6 Å². The summed E-state index contributed by atoms with van der Waals surface area (Å²) in [6, 6.07) is 26.4. The Morgan fingerprint density at radius 3 is 2.07 bits per heavy atom. The molecule has 0 saturated heterocycles. The van der Waals surface area contributed by atoms with Gasteiger partial charge in [-0.15, -0.1) is 6.42 Å². The van der Waals surface area contributed by atoms with E-state index < -0.39 is 0 Å². The number of terminal acetylenes is 1. The highest BCUT2D eigenvalue weighted by atomic mass is 16.6. The second-order valence-electron chi connectivity index (χ2n) is 6.85. The third kappa shape index (κ3) is 3.50. The molecule has 0 aliphatic heterocycles. The van der Waals surface area contributed by atoms with Gasteiger partial charge in [0.1, 0.15) is 6.61 Å². The van der Waals surface area contributed by atoms with Crippen LogP contribution in [0.15, 0.2) is 78.9 Å². The zero-order valence-corrected chi connectivity index (χ0v) is 15.5. The zero-order chi connectivity index (χ0) is 19.3. The lowest BCUT2D eigenvalue weighted by atomic mass is 9.98. The molecule has 4 rings (SSSR count). The van der Waals surface area contributed by atoms with Gasteiger partial charge >= 0.3 is 6.09 Å². The van der Waals surface area contributed by atoms with E-state index >= 15 is 0 Å². The first-order chi connectivity index (χ1) is 13.8. The van der Waals surface area contributed by atoms with E-state index in [4.69, 9.17) is 11.2 Å². The molecule has 1 amide bonds. The fraction of sp³-hybridized carbons (Fsp3) is 0.160. The average Bonchev–Trinajstić information content (AvgIpc) is 3.06. The van der Waals surface area contributed by atoms with Gasteiger partial charge in [-0.25, -0.2) is 4.79 Å². The summed E-state index contributed by atoms with van der Waals surface area (Å²) < 4.78 is 5.72. The van der Waals surface area contributed by atoms with Gasteiger partial charge in [0.25, 0.3) is 0 Å². The third-order valence-electron chi connectivity index (χ3n) is 5.09. The predicted octanol–water partition coefficient (Wildman–Crippen LogP) is 5.07. The minimum absolute atomic E-state index is 0.0424. The number of amides is 1. The van der Waals surface area contributed by atoms with Crippen molar-refractivity contribution in [2.45, 2.75) is 12.5 Å². The topological polar surface area (TPSA) is 29.5 Å². The van der Waals surface area contributed by atoms with Crippen LogP contribution in [-0.2, 0) is 11.3 Å². The van der Waals surface area contributed by atoms with Crippen molar-refractivity contribution in [3.63, 3.8) is 0 Å². The lowest BCUT2D eigenvalue weighted by molar-refractivity contribution is 0.102. The van der Waals surface area contributed by atoms with E-state index in [1.54, 1.807) is 4.90 Å². The second-order valence-corrected chi connectivity index (χ2v) is 6.85. The van der Waals surface area contributed by atoms with Gasteiger partial charge in [0.2, 0.25) is 0 Å². The summed E-state index contributed by atoms with van der Waals surface area (Å²) in [5.74, 6) is 2.60. The minimum atomic E-state index is -0.385. The molecular formula is C25H21NO2. The van der Waals surface area contributed by atoms with Crippen LogP contribution in [0.25, 0.3) is 11.1 Å². The van der Waals surface area contributed by atoms with Gasteiger partial charge in [0.15, 0.2) is 0 Å². The number of rotatable bonds is 5. The monoisotopic (exact) mass is 367 g/mol. The first-order valence-corrected chi connectivity index (χ1v) is 9.35. The van der Waals surface area contributed by atoms with Crippen LogP contribution in [0.4, 0.5) is 4.79 Å². The van der Waals surface area contributed by atoms with Crippen LogP contribution in [0, 0.1) is 12.3 Å². The first-order valence-electron chi connectivity index (χ1n) is 9.35. The quantitative estimate of drug-likeness (QED) is 0.589. The first kappa shape index (κ1) is 17.9. The normalized spacial score (nSPS) is 12.0. The maximum atomic E-state index is 12.7. The molecule has 0 fully saturated rings. The zero-order valence-electron chi connectivity index (χ0n) is 15.5. The van der Waals surface area contributed by atoms with Crippen LogP contribution in [0.2, 0.25) is 0 Å². The number of carbonyl (C=O) groups excluding carboxylic acids is 1. The average molecular weight is 367 g/mol. The van der Waals surface area contributed by atoms with E-state index in [1.165, 1.54) is 22.3 Å². The predicted molar refractivity (Wildman–Crippen MR) is 111 cm³/mol. The van der Waals surface area contributed by atoms with Crippen molar-refractivity contribution in [1.82, 2.24) is 4.90 Å². The van der Waals surface area contributed by atoms with Crippen LogP contribution < -0.4 is 0 Å². The number of carbonyl (C=O) groups is 1. The third-order valence-corrected chi connectivity index (χ3v) is 5.09. The Hall–Kier alpha value is -3.51. The van der Waals surface area contributed by atoms with E-state index in [0.717, 1.165) is 5.56 Å². The Balaban J connectivity index is 1.50. The number of ether oxygens (including phenoxy) is 1. The molecule has 3 heteroatoms. The summed E-state index contributed by atoms with van der Waals surface area (Å²) in [4.78, 5) is 14.3. The molecule has 0 bridgehead atoms.